The zero-order valence-electron chi connectivity index (χ0n) is 8.87. The Bertz CT molecular complexity index is 488. The van der Waals surface area contributed by atoms with Crippen molar-refractivity contribution in [2.75, 3.05) is 0 Å². The summed E-state index contributed by atoms with van der Waals surface area (Å²) >= 11 is 0. The number of aromatic nitrogens is 2. The normalized spacial score (nSPS) is 13.3. The van der Waals surface area contributed by atoms with Crippen LogP contribution < -0.4 is 5.73 Å². The molecule has 1 heterocycles. The maximum Gasteiger partial charge on any atom is 0.126 e. The van der Waals surface area contributed by atoms with Crippen molar-refractivity contribution in [3.8, 4) is 0 Å². The van der Waals surface area contributed by atoms with E-state index in [0.717, 1.165) is 23.4 Å². The predicted molar refractivity (Wildman–Crippen MR) is 58.0 cm³/mol. The third-order valence-electron chi connectivity index (χ3n) is 2.46. The lowest BCUT2D eigenvalue weighted by atomic mass is 10.3. The third kappa shape index (κ3) is 1.61. The number of hydrogen-bond donors (Lipinski definition) is 1. The van der Waals surface area contributed by atoms with Crippen molar-refractivity contribution in [1.29, 1.82) is 0 Å². The smallest absolute Gasteiger partial charge is 0.126 e. The van der Waals surface area contributed by atoms with E-state index in [2.05, 4.69) is 4.98 Å². The van der Waals surface area contributed by atoms with Crippen LogP contribution >= 0.6 is 0 Å². The molecule has 0 aliphatic rings. The predicted octanol–water partition coefficient (Wildman–Crippen LogP) is 2.21. The number of imidazole rings is 1. The summed E-state index contributed by atoms with van der Waals surface area (Å²) in [5.74, 6) is 0.562. The van der Waals surface area contributed by atoms with E-state index in [1.54, 1.807) is 6.07 Å². The molecule has 0 aliphatic heterocycles. The van der Waals surface area contributed by atoms with Gasteiger partial charge in [-0.2, -0.15) is 0 Å². The first-order chi connectivity index (χ1) is 7.13. The molecule has 2 rings (SSSR count). The molecular weight excluding hydrogens is 193 g/mol. The number of fused-ring (bicyclic) bond motifs is 1. The zero-order valence-corrected chi connectivity index (χ0v) is 8.87. The first-order valence-electron chi connectivity index (χ1n) is 5.04. The lowest BCUT2D eigenvalue weighted by Crippen LogP contribution is -2.12. The number of benzene rings is 1. The van der Waals surface area contributed by atoms with E-state index >= 15 is 0 Å². The average Bonchev–Trinajstić information content (AvgIpc) is 2.55. The van der Waals surface area contributed by atoms with Crippen molar-refractivity contribution < 1.29 is 4.39 Å². The van der Waals surface area contributed by atoms with Gasteiger partial charge in [0.05, 0.1) is 17.1 Å². The molecule has 0 fully saturated rings. The highest BCUT2D eigenvalue weighted by molar-refractivity contribution is 5.76. The van der Waals surface area contributed by atoms with Crippen LogP contribution in [-0.2, 0) is 6.54 Å². The summed E-state index contributed by atoms with van der Waals surface area (Å²) in [6, 6.07) is 4.46. The Labute approximate surface area is 87.7 Å². The summed E-state index contributed by atoms with van der Waals surface area (Å²) in [7, 11) is 0. The molecule has 1 atom stereocenters. The lowest BCUT2D eigenvalue weighted by molar-refractivity contribution is 0.624. The number of nitrogens with zero attached hydrogens (tertiary/aromatic N) is 2. The van der Waals surface area contributed by atoms with Gasteiger partial charge in [-0.1, -0.05) is 0 Å². The van der Waals surface area contributed by atoms with Gasteiger partial charge in [-0.3, -0.25) is 0 Å². The molecule has 0 aliphatic carbocycles. The van der Waals surface area contributed by atoms with E-state index < -0.39 is 0 Å². The standard InChI is InChI=1S/C11H14FN3/c1-3-15-10-6-8(12)4-5-9(10)14-11(15)7(2)13/h4-7H,3,13H2,1-2H3. The molecular formula is C11H14FN3. The van der Waals surface area contributed by atoms with E-state index in [1.165, 1.54) is 12.1 Å². The van der Waals surface area contributed by atoms with Crippen LogP contribution in [0.15, 0.2) is 18.2 Å². The summed E-state index contributed by atoms with van der Waals surface area (Å²) < 4.78 is 15.0. The van der Waals surface area contributed by atoms with Gasteiger partial charge in [0.1, 0.15) is 11.6 Å². The number of halogens is 1. The molecule has 0 saturated heterocycles. The van der Waals surface area contributed by atoms with Crippen LogP contribution in [-0.4, -0.2) is 9.55 Å². The highest BCUT2D eigenvalue weighted by Gasteiger charge is 2.12. The van der Waals surface area contributed by atoms with Crippen molar-refractivity contribution in [2.45, 2.75) is 26.4 Å². The van der Waals surface area contributed by atoms with Crippen LogP contribution in [0.3, 0.4) is 0 Å². The molecule has 0 saturated carbocycles. The summed E-state index contributed by atoms with van der Waals surface area (Å²) in [6.07, 6.45) is 0. The molecule has 2 aromatic rings. The third-order valence-corrected chi connectivity index (χ3v) is 2.46. The maximum atomic E-state index is 13.1. The summed E-state index contributed by atoms with van der Waals surface area (Å²) in [4.78, 5) is 4.40. The number of aryl methyl sites for hydroxylation is 1. The van der Waals surface area contributed by atoms with E-state index in [4.69, 9.17) is 5.73 Å². The fourth-order valence-corrected chi connectivity index (χ4v) is 1.79. The summed E-state index contributed by atoms with van der Waals surface area (Å²) in [6.45, 7) is 4.62. The first kappa shape index (κ1) is 10.1. The van der Waals surface area contributed by atoms with Gasteiger partial charge < -0.3 is 10.3 Å². The zero-order chi connectivity index (χ0) is 11.0. The topological polar surface area (TPSA) is 43.8 Å². The van der Waals surface area contributed by atoms with E-state index in [0.29, 0.717) is 0 Å². The van der Waals surface area contributed by atoms with Crippen LogP contribution in [0.5, 0.6) is 0 Å². The van der Waals surface area contributed by atoms with Crippen LogP contribution in [0.4, 0.5) is 4.39 Å². The molecule has 1 unspecified atom stereocenters. The number of hydrogen-bond acceptors (Lipinski definition) is 2. The van der Waals surface area contributed by atoms with Gasteiger partial charge in [0.2, 0.25) is 0 Å². The number of nitrogens with two attached hydrogens (primary N) is 1. The van der Waals surface area contributed by atoms with Crippen LogP contribution in [0.2, 0.25) is 0 Å². The van der Waals surface area contributed by atoms with Crippen LogP contribution in [0.25, 0.3) is 11.0 Å². The second-order valence-corrected chi connectivity index (χ2v) is 3.64. The van der Waals surface area contributed by atoms with Gasteiger partial charge in [-0.15, -0.1) is 0 Å². The van der Waals surface area contributed by atoms with Crippen molar-refractivity contribution in [1.82, 2.24) is 9.55 Å². The summed E-state index contributed by atoms with van der Waals surface area (Å²) in [5.41, 5.74) is 7.42. The highest BCUT2D eigenvalue weighted by atomic mass is 19.1. The SMILES string of the molecule is CCn1c(C(C)N)nc2ccc(F)cc21. The molecule has 0 amide bonds. The minimum absolute atomic E-state index is 0.139. The van der Waals surface area contributed by atoms with Crippen LogP contribution in [0, 0.1) is 5.82 Å². The fraction of sp³-hybridized carbons (Fsp3) is 0.364. The van der Waals surface area contributed by atoms with Gasteiger partial charge in [0.15, 0.2) is 0 Å². The molecule has 0 radical (unpaired) electrons. The molecule has 0 bridgehead atoms. The maximum absolute atomic E-state index is 13.1. The van der Waals surface area contributed by atoms with Gasteiger partial charge in [0.25, 0.3) is 0 Å². The number of rotatable bonds is 2. The Morgan fingerprint density at radius 2 is 2.27 bits per heavy atom. The van der Waals surface area contributed by atoms with E-state index in [-0.39, 0.29) is 11.9 Å². The molecule has 15 heavy (non-hydrogen) atoms. The highest BCUT2D eigenvalue weighted by Crippen LogP contribution is 2.20. The molecule has 4 heteroatoms. The monoisotopic (exact) mass is 207 g/mol. The van der Waals surface area contributed by atoms with E-state index in [9.17, 15) is 4.39 Å². The second kappa shape index (κ2) is 3.62. The Balaban J connectivity index is 2.74. The Morgan fingerprint density at radius 3 is 2.87 bits per heavy atom. The van der Waals surface area contributed by atoms with Crippen molar-refractivity contribution in [3.63, 3.8) is 0 Å². The Hall–Kier alpha value is -1.42. The van der Waals surface area contributed by atoms with E-state index in [1.807, 2.05) is 18.4 Å². The van der Waals surface area contributed by atoms with Crippen molar-refractivity contribution in [2.24, 2.45) is 5.73 Å². The lowest BCUT2D eigenvalue weighted by Gasteiger charge is -2.08. The van der Waals surface area contributed by atoms with Gasteiger partial charge >= 0.3 is 0 Å². The molecule has 0 spiro atoms. The minimum Gasteiger partial charge on any atom is -0.327 e. The van der Waals surface area contributed by atoms with Gasteiger partial charge in [0, 0.05) is 6.54 Å². The molecule has 2 N–H and O–H groups in total. The molecule has 1 aromatic carbocycles. The minimum atomic E-state index is -0.242. The first-order valence-corrected chi connectivity index (χ1v) is 5.04. The average molecular weight is 207 g/mol. The Morgan fingerprint density at radius 1 is 1.53 bits per heavy atom. The van der Waals surface area contributed by atoms with Gasteiger partial charge in [-0.25, -0.2) is 9.37 Å². The van der Waals surface area contributed by atoms with Crippen molar-refractivity contribution >= 4 is 11.0 Å². The molecule has 3 nitrogen and oxygen atoms in total. The fourth-order valence-electron chi connectivity index (χ4n) is 1.79. The Kier molecular flexibility index (Phi) is 2.44. The molecule has 80 valence electrons. The summed E-state index contributed by atoms with van der Waals surface area (Å²) in [5, 5.41) is 0. The van der Waals surface area contributed by atoms with Crippen molar-refractivity contribution in [3.05, 3.63) is 29.8 Å². The largest absolute Gasteiger partial charge is 0.327 e. The van der Waals surface area contributed by atoms with Crippen LogP contribution in [0.1, 0.15) is 25.7 Å². The second-order valence-electron chi connectivity index (χ2n) is 3.64. The molecule has 1 aromatic heterocycles. The quantitative estimate of drug-likeness (QED) is 0.820. The van der Waals surface area contributed by atoms with Gasteiger partial charge in [-0.05, 0) is 32.0 Å².